The molecule has 25 heavy (non-hydrogen) atoms. The Kier molecular flexibility index (Phi) is 3.91. The lowest BCUT2D eigenvalue weighted by Crippen LogP contribution is -2.41. The number of carbonyl (C=O) groups is 1. The third-order valence-corrected chi connectivity index (χ3v) is 4.55. The minimum absolute atomic E-state index is 0.0974. The second-order valence-electron chi connectivity index (χ2n) is 6.43. The van der Waals surface area contributed by atoms with Gasteiger partial charge in [0.05, 0.1) is 18.6 Å². The van der Waals surface area contributed by atoms with E-state index in [9.17, 15) is 4.79 Å². The van der Waals surface area contributed by atoms with Gasteiger partial charge in [0.2, 0.25) is 0 Å². The van der Waals surface area contributed by atoms with Gasteiger partial charge in [-0.3, -0.25) is 0 Å². The predicted octanol–water partition coefficient (Wildman–Crippen LogP) is 3.00. The molecule has 1 aliphatic heterocycles. The molecule has 1 N–H and O–H groups in total. The van der Waals surface area contributed by atoms with Crippen LogP contribution < -0.4 is 5.32 Å². The van der Waals surface area contributed by atoms with E-state index in [1.807, 2.05) is 29.8 Å². The van der Waals surface area contributed by atoms with Gasteiger partial charge in [-0.2, -0.15) is 5.10 Å². The van der Waals surface area contributed by atoms with E-state index in [4.69, 9.17) is 0 Å². The van der Waals surface area contributed by atoms with Crippen molar-refractivity contribution in [2.24, 2.45) is 0 Å². The van der Waals surface area contributed by atoms with Crippen molar-refractivity contribution < 1.29 is 4.79 Å². The fraction of sp³-hybridized carbons (Fsp3) is 0.389. The fourth-order valence-electron chi connectivity index (χ4n) is 3.33. The van der Waals surface area contributed by atoms with Crippen molar-refractivity contribution in [2.75, 3.05) is 11.9 Å². The zero-order valence-electron chi connectivity index (χ0n) is 14.6. The number of aryl methyl sites for hydroxylation is 2. The molecule has 0 aliphatic carbocycles. The predicted molar refractivity (Wildman–Crippen MR) is 96.4 cm³/mol. The molecule has 130 valence electrons. The Balaban J connectivity index is 1.51. The number of nitrogens with one attached hydrogen (secondary N) is 1. The van der Waals surface area contributed by atoms with Crippen molar-refractivity contribution in [1.29, 1.82) is 0 Å². The number of amides is 2. The highest BCUT2D eigenvalue weighted by Crippen LogP contribution is 2.22. The van der Waals surface area contributed by atoms with E-state index in [0.29, 0.717) is 19.6 Å². The Morgan fingerprint density at radius 3 is 3.00 bits per heavy atom. The summed E-state index contributed by atoms with van der Waals surface area (Å²) in [5, 5.41) is 8.53. The summed E-state index contributed by atoms with van der Waals surface area (Å²) in [7, 11) is 0. The largest absolute Gasteiger partial charge is 0.347 e. The molecule has 0 unspecified atom stereocenters. The average molecular weight is 338 g/mol. The molecule has 1 aliphatic rings. The van der Waals surface area contributed by atoms with Gasteiger partial charge in [0.15, 0.2) is 0 Å². The first-order valence-electron chi connectivity index (χ1n) is 8.69. The Labute approximate surface area is 146 Å². The van der Waals surface area contributed by atoms with Crippen LogP contribution in [0.4, 0.5) is 10.5 Å². The van der Waals surface area contributed by atoms with Crippen molar-refractivity contribution in [3.63, 3.8) is 0 Å². The van der Waals surface area contributed by atoms with Gasteiger partial charge in [-0.25, -0.2) is 14.5 Å². The van der Waals surface area contributed by atoms with Crippen molar-refractivity contribution in [1.82, 2.24) is 24.2 Å². The number of carbonyl (C=O) groups excluding carboxylic acids is 1. The summed E-state index contributed by atoms with van der Waals surface area (Å²) in [6.07, 6.45) is 3.17. The Morgan fingerprint density at radius 2 is 2.16 bits per heavy atom. The third kappa shape index (κ3) is 2.97. The average Bonchev–Trinajstić information content (AvgIpc) is 3.17. The molecular weight excluding hydrogens is 316 g/mol. The maximum Gasteiger partial charge on any atom is 0.322 e. The number of hydrogen-bond acceptors (Lipinski definition) is 3. The summed E-state index contributed by atoms with van der Waals surface area (Å²) in [6.45, 7) is 6.81. The minimum Gasteiger partial charge on any atom is -0.347 e. The molecule has 7 nitrogen and oxygen atoms in total. The lowest BCUT2D eigenvalue weighted by Gasteiger charge is -2.26. The second kappa shape index (κ2) is 6.23. The normalized spacial score (nSPS) is 13.9. The molecule has 0 saturated heterocycles. The molecule has 3 aromatic rings. The lowest BCUT2D eigenvalue weighted by molar-refractivity contribution is 0.193. The van der Waals surface area contributed by atoms with E-state index < -0.39 is 0 Å². The van der Waals surface area contributed by atoms with Crippen LogP contribution in [0.1, 0.15) is 25.0 Å². The summed E-state index contributed by atoms with van der Waals surface area (Å²) < 4.78 is 4.10. The summed E-state index contributed by atoms with van der Waals surface area (Å²) in [6, 6.07) is 8.05. The van der Waals surface area contributed by atoms with Gasteiger partial charge in [0, 0.05) is 25.0 Å². The van der Waals surface area contributed by atoms with Gasteiger partial charge in [-0.05, 0) is 36.9 Å². The Bertz CT molecular complexity index is 925. The number of rotatable bonds is 3. The number of anilines is 1. The SMILES string of the molecule is CCCn1ccc2ccc(NC(=O)N3CCn4nc(C)nc4C3)cc21. The van der Waals surface area contributed by atoms with E-state index >= 15 is 0 Å². The van der Waals surface area contributed by atoms with Crippen molar-refractivity contribution in [3.05, 3.63) is 42.1 Å². The highest BCUT2D eigenvalue weighted by atomic mass is 16.2. The van der Waals surface area contributed by atoms with Crippen molar-refractivity contribution >= 4 is 22.6 Å². The first kappa shape index (κ1) is 15.7. The topological polar surface area (TPSA) is 68.0 Å². The number of benzene rings is 1. The molecule has 3 heterocycles. The Morgan fingerprint density at radius 1 is 1.28 bits per heavy atom. The molecule has 2 amide bonds. The van der Waals surface area contributed by atoms with Gasteiger partial charge >= 0.3 is 6.03 Å². The quantitative estimate of drug-likeness (QED) is 0.798. The van der Waals surface area contributed by atoms with Crippen molar-refractivity contribution in [3.8, 4) is 0 Å². The smallest absolute Gasteiger partial charge is 0.322 e. The summed E-state index contributed by atoms with van der Waals surface area (Å²) in [5.41, 5.74) is 1.96. The molecule has 0 atom stereocenters. The van der Waals surface area contributed by atoms with E-state index in [2.05, 4.69) is 39.2 Å². The van der Waals surface area contributed by atoms with Crippen LogP contribution in [0.15, 0.2) is 30.5 Å². The molecule has 0 bridgehead atoms. The number of aromatic nitrogens is 4. The van der Waals surface area contributed by atoms with Crippen LogP contribution in [-0.2, 0) is 19.6 Å². The van der Waals surface area contributed by atoms with Crippen LogP contribution >= 0.6 is 0 Å². The van der Waals surface area contributed by atoms with Crippen LogP contribution in [0.3, 0.4) is 0 Å². The number of hydrogen-bond donors (Lipinski definition) is 1. The van der Waals surface area contributed by atoms with E-state index in [-0.39, 0.29) is 6.03 Å². The third-order valence-electron chi connectivity index (χ3n) is 4.55. The second-order valence-corrected chi connectivity index (χ2v) is 6.43. The number of fused-ring (bicyclic) bond motifs is 2. The van der Waals surface area contributed by atoms with E-state index in [1.54, 1.807) is 4.90 Å². The first-order valence-corrected chi connectivity index (χ1v) is 8.69. The molecule has 7 heteroatoms. The summed E-state index contributed by atoms with van der Waals surface area (Å²) in [5.74, 6) is 1.59. The number of nitrogens with zero attached hydrogens (tertiary/aromatic N) is 5. The van der Waals surface area contributed by atoms with Crippen LogP contribution in [-0.4, -0.2) is 36.8 Å². The minimum atomic E-state index is -0.0974. The van der Waals surface area contributed by atoms with E-state index in [0.717, 1.165) is 35.8 Å². The van der Waals surface area contributed by atoms with Gasteiger partial charge < -0.3 is 14.8 Å². The summed E-state index contributed by atoms with van der Waals surface area (Å²) >= 11 is 0. The van der Waals surface area contributed by atoms with Gasteiger partial charge in [0.1, 0.15) is 11.6 Å². The first-order chi connectivity index (χ1) is 12.1. The van der Waals surface area contributed by atoms with Crippen molar-refractivity contribution in [2.45, 2.75) is 39.9 Å². The molecule has 0 radical (unpaired) electrons. The fourth-order valence-corrected chi connectivity index (χ4v) is 3.33. The van der Waals surface area contributed by atoms with Crippen LogP contribution in [0.2, 0.25) is 0 Å². The number of urea groups is 1. The standard InChI is InChI=1S/C18H22N6O/c1-3-7-22-8-6-14-4-5-15(11-16(14)22)20-18(25)23-9-10-24-17(12-23)19-13(2)21-24/h4-6,8,11H,3,7,9-10,12H2,1-2H3,(H,20,25). The molecule has 0 fully saturated rings. The lowest BCUT2D eigenvalue weighted by atomic mass is 10.2. The van der Waals surface area contributed by atoms with Crippen LogP contribution in [0, 0.1) is 6.92 Å². The maximum atomic E-state index is 12.6. The zero-order valence-corrected chi connectivity index (χ0v) is 14.6. The highest BCUT2D eigenvalue weighted by molar-refractivity contribution is 5.92. The summed E-state index contributed by atoms with van der Waals surface area (Å²) in [4.78, 5) is 18.8. The van der Waals surface area contributed by atoms with Gasteiger partial charge in [0.25, 0.3) is 0 Å². The van der Waals surface area contributed by atoms with Crippen LogP contribution in [0.5, 0.6) is 0 Å². The molecular formula is C18H22N6O. The molecule has 0 saturated carbocycles. The molecule has 4 rings (SSSR count). The Hall–Kier alpha value is -2.83. The van der Waals surface area contributed by atoms with Gasteiger partial charge in [-0.1, -0.05) is 13.0 Å². The van der Waals surface area contributed by atoms with Crippen LogP contribution in [0.25, 0.3) is 10.9 Å². The zero-order chi connectivity index (χ0) is 17.4. The van der Waals surface area contributed by atoms with E-state index in [1.165, 1.54) is 5.39 Å². The molecule has 2 aromatic heterocycles. The monoisotopic (exact) mass is 338 g/mol. The van der Waals surface area contributed by atoms with Gasteiger partial charge in [-0.15, -0.1) is 0 Å². The highest BCUT2D eigenvalue weighted by Gasteiger charge is 2.23. The maximum absolute atomic E-state index is 12.6. The molecule has 0 spiro atoms. The molecule has 1 aromatic carbocycles.